The van der Waals surface area contributed by atoms with Gasteiger partial charge in [-0.05, 0) is 0 Å². The number of para-hydroxylation sites is 1. The zero-order valence-electron chi connectivity index (χ0n) is 6.37. The van der Waals surface area contributed by atoms with E-state index in [-0.39, 0.29) is 20.4 Å². The summed E-state index contributed by atoms with van der Waals surface area (Å²) in [7, 11) is 0. The van der Waals surface area contributed by atoms with Crippen LogP contribution in [0.15, 0.2) is 24.3 Å². The fraction of sp³-hybridized carbons (Fsp3) is 0.222. The third-order valence-electron chi connectivity index (χ3n) is 1.64. The first kappa shape index (κ1) is 7.34. The number of aromatic nitrogens is 1. The van der Waals surface area contributed by atoms with Crippen molar-refractivity contribution in [1.29, 1.82) is 0 Å². The summed E-state index contributed by atoms with van der Waals surface area (Å²) in [5, 5.41) is 0. The average Bonchev–Trinajstić information content (AvgIpc) is 2.46. The molecule has 0 spiro atoms. The van der Waals surface area contributed by atoms with Crippen LogP contribution in [0.4, 0.5) is 0 Å². The van der Waals surface area contributed by atoms with E-state index in [4.69, 9.17) is 0 Å². The Bertz CT molecular complexity index is 331. The van der Waals surface area contributed by atoms with Crippen molar-refractivity contribution in [2.75, 3.05) is 0 Å². The van der Waals surface area contributed by atoms with Crippen LogP contribution in [0.1, 0.15) is 10.6 Å². The summed E-state index contributed by atoms with van der Waals surface area (Å²) in [6, 6.07) is 8.50. The third kappa shape index (κ3) is 1.33. The van der Waals surface area contributed by atoms with Crippen LogP contribution in [0.25, 0.3) is 8.92 Å². The molecule has 0 radical (unpaired) electrons. The summed E-state index contributed by atoms with van der Waals surface area (Å²) in [6.45, 7) is 2.19. The van der Waals surface area contributed by atoms with Gasteiger partial charge in [0.05, 0.1) is 0 Å². The van der Waals surface area contributed by atoms with Gasteiger partial charge in [0.15, 0.2) is 0 Å². The van der Waals surface area contributed by atoms with E-state index in [0.717, 1.165) is 6.42 Å². The van der Waals surface area contributed by atoms with Gasteiger partial charge in [0, 0.05) is 0 Å². The summed E-state index contributed by atoms with van der Waals surface area (Å²) in [5.74, 6) is 0. The maximum absolute atomic E-state index is 4.54. The second-order valence-corrected chi connectivity index (χ2v) is 5.61. The summed E-state index contributed by atoms with van der Waals surface area (Å²) in [6.07, 6.45) is 1.14. The molecule has 56 valence electrons. The van der Waals surface area contributed by atoms with E-state index in [9.17, 15) is 0 Å². The molecule has 1 aromatic carbocycles. The molecular formula is C9H9NTe. The third-order valence-corrected chi connectivity index (χ3v) is 5.01. The Kier molecular flexibility index (Phi) is 1.98. The molecule has 2 heteroatoms. The molecule has 0 atom stereocenters. The van der Waals surface area contributed by atoms with E-state index in [1.54, 1.807) is 0 Å². The van der Waals surface area contributed by atoms with Gasteiger partial charge in [0.25, 0.3) is 0 Å². The van der Waals surface area contributed by atoms with E-state index >= 15 is 0 Å². The van der Waals surface area contributed by atoms with Crippen molar-refractivity contribution in [3.63, 3.8) is 0 Å². The average molecular weight is 259 g/mol. The minimum atomic E-state index is -0.0672. The van der Waals surface area contributed by atoms with Crippen LogP contribution in [0.5, 0.6) is 0 Å². The van der Waals surface area contributed by atoms with Gasteiger partial charge in [-0.2, -0.15) is 0 Å². The number of hydrogen-bond donors (Lipinski definition) is 0. The molecule has 0 saturated heterocycles. The Labute approximate surface area is 75.7 Å². The maximum atomic E-state index is 4.54. The van der Waals surface area contributed by atoms with Crippen LogP contribution in [0, 0.1) is 0 Å². The van der Waals surface area contributed by atoms with Gasteiger partial charge >= 0.3 is 75.7 Å². The van der Waals surface area contributed by atoms with Crippen LogP contribution in [0.2, 0.25) is 0 Å². The van der Waals surface area contributed by atoms with Crippen LogP contribution >= 0.6 is 0 Å². The van der Waals surface area contributed by atoms with Crippen molar-refractivity contribution in [1.82, 2.24) is 4.98 Å². The van der Waals surface area contributed by atoms with Gasteiger partial charge in [-0.15, -0.1) is 0 Å². The van der Waals surface area contributed by atoms with E-state index < -0.39 is 0 Å². The molecule has 0 aliphatic carbocycles. The molecule has 0 unspecified atom stereocenters. The van der Waals surface area contributed by atoms with E-state index in [1.165, 1.54) is 12.6 Å². The molecule has 0 amide bonds. The molecule has 0 bridgehead atoms. The second-order valence-electron chi connectivity index (χ2n) is 2.43. The molecule has 1 heterocycles. The predicted octanol–water partition coefficient (Wildman–Crippen LogP) is 1.85. The SMILES string of the molecule is CCc1nc2ccccc2[te]1. The van der Waals surface area contributed by atoms with Gasteiger partial charge in [-0.3, -0.25) is 0 Å². The number of fused-ring (bicyclic) bond motifs is 1. The number of hydrogen-bond acceptors (Lipinski definition) is 1. The number of nitrogens with zero attached hydrogens (tertiary/aromatic N) is 1. The summed E-state index contributed by atoms with van der Waals surface area (Å²) in [4.78, 5) is 4.54. The summed E-state index contributed by atoms with van der Waals surface area (Å²) < 4.78 is 2.95. The van der Waals surface area contributed by atoms with Crippen molar-refractivity contribution >= 4 is 29.3 Å². The molecule has 0 aliphatic heterocycles. The van der Waals surface area contributed by atoms with Crippen LogP contribution < -0.4 is 0 Å². The topological polar surface area (TPSA) is 12.9 Å². The van der Waals surface area contributed by atoms with E-state index in [2.05, 4.69) is 36.2 Å². The van der Waals surface area contributed by atoms with Gasteiger partial charge < -0.3 is 0 Å². The Balaban J connectivity index is 2.69. The second kappa shape index (κ2) is 2.97. The quantitative estimate of drug-likeness (QED) is 0.712. The molecule has 1 aromatic heterocycles. The first-order valence-electron chi connectivity index (χ1n) is 3.74. The Hall–Kier alpha value is -0.320. The Morgan fingerprint density at radius 3 is 2.91 bits per heavy atom. The zero-order chi connectivity index (χ0) is 7.68. The fourth-order valence-electron chi connectivity index (χ4n) is 1.07. The Morgan fingerprint density at radius 2 is 2.18 bits per heavy atom. The van der Waals surface area contributed by atoms with Crippen molar-refractivity contribution in [3.8, 4) is 0 Å². The van der Waals surface area contributed by atoms with Crippen molar-refractivity contribution in [3.05, 3.63) is 28.0 Å². The molecule has 2 aromatic rings. The molecule has 0 aliphatic rings. The first-order valence-corrected chi connectivity index (χ1v) is 6.07. The van der Waals surface area contributed by atoms with E-state index in [0.29, 0.717) is 0 Å². The zero-order valence-corrected chi connectivity index (χ0v) is 8.70. The van der Waals surface area contributed by atoms with Crippen LogP contribution in [-0.4, -0.2) is 25.4 Å². The molecular weight excluding hydrogens is 250 g/mol. The van der Waals surface area contributed by atoms with Gasteiger partial charge in [0.1, 0.15) is 0 Å². The molecule has 0 fully saturated rings. The monoisotopic (exact) mass is 261 g/mol. The molecule has 1 nitrogen and oxygen atoms in total. The normalized spacial score (nSPS) is 10.6. The van der Waals surface area contributed by atoms with Gasteiger partial charge in [-0.1, -0.05) is 0 Å². The van der Waals surface area contributed by atoms with Crippen molar-refractivity contribution in [2.24, 2.45) is 0 Å². The number of benzene rings is 1. The predicted molar refractivity (Wildman–Crippen MR) is 48.1 cm³/mol. The van der Waals surface area contributed by atoms with E-state index in [1.807, 2.05) is 0 Å². The van der Waals surface area contributed by atoms with Gasteiger partial charge in [-0.25, -0.2) is 0 Å². The van der Waals surface area contributed by atoms with Crippen molar-refractivity contribution < 1.29 is 0 Å². The molecule has 11 heavy (non-hydrogen) atoms. The minimum absolute atomic E-state index is 0.0672. The summed E-state index contributed by atoms with van der Waals surface area (Å²) in [5.41, 5.74) is 1.23. The van der Waals surface area contributed by atoms with Crippen LogP contribution in [-0.2, 0) is 6.42 Å². The number of rotatable bonds is 1. The Morgan fingerprint density at radius 1 is 1.36 bits per heavy atom. The van der Waals surface area contributed by atoms with Crippen LogP contribution in [0.3, 0.4) is 0 Å². The number of aryl methyl sites for hydroxylation is 1. The fourth-order valence-corrected chi connectivity index (χ4v) is 3.66. The first-order chi connectivity index (χ1) is 5.40. The van der Waals surface area contributed by atoms with Gasteiger partial charge in [0.2, 0.25) is 0 Å². The van der Waals surface area contributed by atoms with Crippen molar-refractivity contribution in [2.45, 2.75) is 13.3 Å². The summed E-state index contributed by atoms with van der Waals surface area (Å²) >= 11 is -0.0672. The molecule has 0 N–H and O–H groups in total. The standard InChI is InChI=1S/C9H9NTe/c1-2-9-10-7-5-3-4-6-8(7)11-9/h3-6H,2H2,1H3. The molecule has 0 saturated carbocycles. The molecule has 2 rings (SSSR count).